The highest BCUT2D eigenvalue weighted by molar-refractivity contribution is 7.89. The monoisotopic (exact) mass is 411 g/mol. The standard InChI is InChI=1S/C18H22ClN3O4S/c1-12-8-16(17(26-4)10-15(12)19)20-11-18(23)21-13-6-5-7-14(9-13)27(24,25)22(2)3/h5-10,20H,11H2,1-4H3,(H,21,23). The summed E-state index contributed by atoms with van der Waals surface area (Å²) < 4.78 is 30.7. The second kappa shape index (κ2) is 8.60. The van der Waals surface area contributed by atoms with E-state index >= 15 is 0 Å². The number of anilines is 2. The van der Waals surface area contributed by atoms with E-state index in [0.717, 1.165) is 9.87 Å². The van der Waals surface area contributed by atoms with Gasteiger partial charge in [0, 0.05) is 30.9 Å². The fourth-order valence-corrected chi connectivity index (χ4v) is 3.40. The molecule has 0 atom stereocenters. The Kier molecular flexibility index (Phi) is 6.69. The summed E-state index contributed by atoms with van der Waals surface area (Å²) >= 11 is 6.07. The molecule has 0 radical (unpaired) electrons. The molecule has 2 aromatic carbocycles. The molecule has 1 amide bonds. The van der Waals surface area contributed by atoms with Crippen LogP contribution in [-0.2, 0) is 14.8 Å². The number of carbonyl (C=O) groups is 1. The molecular formula is C18H22ClN3O4S. The van der Waals surface area contributed by atoms with Crippen molar-refractivity contribution in [2.75, 3.05) is 38.4 Å². The molecule has 0 saturated carbocycles. The van der Waals surface area contributed by atoms with Gasteiger partial charge in [0.05, 0.1) is 24.2 Å². The largest absolute Gasteiger partial charge is 0.495 e. The predicted octanol–water partition coefficient (Wildman–Crippen LogP) is 2.96. The molecule has 0 spiro atoms. The molecule has 0 unspecified atom stereocenters. The minimum atomic E-state index is -3.57. The van der Waals surface area contributed by atoms with Crippen molar-refractivity contribution in [3.8, 4) is 5.75 Å². The summed E-state index contributed by atoms with van der Waals surface area (Å²) in [5, 5.41) is 6.24. The van der Waals surface area contributed by atoms with Gasteiger partial charge in [-0.25, -0.2) is 12.7 Å². The molecule has 0 heterocycles. The number of carbonyl (C=O) groups excluding carboxylic acids is 1. The van der Waals surface area contributed by atoms with Crippen LogP contribution < -0.4 is 15.4 Å². The van der Waals surface area contributed by atoms with Crippen LogP contribution in [0.3, 0.4) is 0 Å². The van der Waals surface area contributed by atoms with Crippen LogP contribution >= 0.6 is 11.6 Å². The van der Waals surface area contributed by atoms with Gasteiger partial charge in [-0.15, -0.1) is 0 Å². The average Bonchev–Trinajstić information content (AvgIpc) is 2.62. The molecule has 146 valence electrons. The van der Waals surface area contributed by atoms with E-state index in [1.807, 2.05) is 6.92 Å². The third-order valence-electron chi connectivity index (χ3n) is 3.82. The van der Waals surface area contributed by atoms with E-state index in [0.29, 0.717) is 22.1 Å². The first-order valence-corrected chi connectivity index (χ1v) is 9.87. The van der Waals surface area contributed by atoms with E-state index in [4.69, 9.17) is 16.3 Å². The van der Waals surface area contributed by atoms with Gasteiger partial charge in [0.25, 0.3) is 0 Å². The molecule has 0 aliphatic carbocycles. The van der Waals surface area contributed by atoms with Crippen molar-refractivity contribution >= 4 is 38.9 Å². The number of aryl methyl sites for hydroxylation is 1. The van der Waals surface area contributed by atoms with Crippen LogP contribution in [0.1, 0.15) is 5.56 Å². The summed E-state index contributed by atoms with van der Waals surface area (Å²) in [6.07, 6.45) is 0. The van der Waals surface area contributed by atoms with Crippen molar-refractivity contribution in [3.63, 3.8) is 0 Å². The second-order valence-corrected chi connectivity index (χ2v) is 8.58. The van der Waals surface area contributed by atoms with Gasteiger partial charge in [-0.3, -0.25) is 4.79 Å². The third kappa shape index (κ3) is 5.12. The summed E-state index contributed by atoms with van der Waals surface area (Å²) in [5.41, 5.74) is 1.88. The topological polar surface area (TPSA) is 87.7 Å². The van der Waals surface area contributed by atoms with Crippen molar-refractivity contribution in [2.24, 2.45) is 0 Å². The number of hydrogen-bond donors (Lipinski definition) is 2. The van der Waals surface area contributed by atoms with Gasteiger partial charge in [-0.1, -0.05) is 17.7 Å². The zero-order valence-corrected chi connectivity index (χ0v) is 17.1. The summed E-state index contributed by atoms with van der Waals surface area (Å²) in [6, 6.07) is 9.56. The van der Waals surface area contributed by atoms with Gasteiger partial charge in [-0.2, -0.15) is 0 Å². The van der Waals surface area contributed by atoms with Gasteiger partial charge >= 0.3 is 0 Å². The molecule has 27 heavy (non-hydrogen) atoms. The lowest BCUT2D eigenvalue weighted by Gasteiger charge is -2.14. The first-order chi connectivity index (χ1) is 12.6. The third-order valence-corrected chi connectivity index (χ3v) is 6.03. The number of nitrogens with one attached hydrogen (secondary N) is 2. The van der Waals surface area contributed by atoms with Crippen molar-refractivity contribution in [2.45, 2.75) is 11.8 Å². The van der Waals surface area contributed by atoms with Crippen LogP contribution in [0.15, 0.2) is 41.3 Å². The number of benzene rings is 2. The SMILES string of the molecule is COc1cc(Cl)c(C)cc1NCC(=O)Nc1cccc(S(=O)(=O)N(C)C)c1. The molecule has 0 saturated heterocycles. The number of methoxy groups -OCH3 is 1. The Morgan fingerprint density at radius 3 is 2.56 bits per heavy atom. The highest BCUT2D eigenvalue weighted by atomic mass is 35.5. The molecular weight excluding hydrogens is 390 g/mol. The van der Waals surface area contributed by atoms with Crippen molar-refractivity contribution < 1.29 is 17.9 Å². The van der Waals surface area contributed by atoms with Crippen molar-refractivity contribution in [3.05, 3.63) is 47.0 Å². The van der Waals surface area contributed by atoms with E-state index in [2.05, 4.69) is 10.6 Å². The molecule has 7 nitrogen and oxygen atoms in total. The number of nitrogens with zero attached hydrogens (tertiary/aromatic N) is 1. The quantitative estimate of drug-likeness (QED) is 0.731. The number of hydrogen-bond acceptors (Lipinski definition) is 5. The number of amides is 1. The molecule has 9 heteroatoms. The fourth-order valence-electron chi connectivity index (χ4n) is 2.30. The van der Waals surface area contributed by atoms with Crippen LogP contribution in [0, 0.1) is 6.92 Å². The van der Waals surface area contributed by atoms with E-state index in [1.54, 1.807) is 24.3 Å². The first kappa shape index (κ1) is 21.0. The summed E-state index contributed by atoms with van der Waals surface area (Å²) in [4.78, 5) is 12.3. The Morgan fingerprint density at radius 1 is 1.22 bits per heavy atom. The lowest BCUT2D eigenvalue weighted by molar-refractivity contribution is -0.114. The molecule has 0 bridgehead atoms. The Balaban J connectivity index is 2.08. The summed E-state index contributed by atoms with van der Waals surface area (Å²) in [7, 11) is 0.847. The number of rotatable bonds is 7. The lowest BCUT2D eigenvalue weighted by atomic mass is 10.2. The zero-order valence-electron chi connectivity index (χ0n) is 15.5. The highest BCUT2D eigenvalue weighted by Crippen LogP contribution is 2.30. The lowest BCUT2D eigenvalue weighted by Crippen LogP contribution is -2.24. The van der Waals surface area contributed by atoms with Crippen LogP contribution in [-0.4, -0.2) is 46.4 Å². The zero-order chi connectivity index (χ0) is 20.2. The molecule has 2 rings (SSSR count). The molecule has 2 aromatic rings. The maximum absolute atomic E-state index is 12.2. The predicted molar refractivity (Wildman–Crippen MR) is 107 cm³/mol. The number of ether oxygens (including phenoxy) is 1. The Labute approximate surface area is 164 Å². The fraction of sp³-hybridized carbons (Fsp3) is 0.278. The maximum atomic E-state index is 12.2. The normalized spacial score (nSPS) is 11.3. The molecule has 0 aromatic heterocycles. The molecule has 2 N–H and O–H groups in total. The van der Waals surface area contributed by atoms with E-state index in [9.17, 15) is 13.2 Å². The van der Waals surface area contributed by atoms with Gasteiger partial charge in [0.2, 0.25) is 15.9 Å². The van der Waals surface area contributed by atoms with Crippen LogP contribution in [0.2, 0.25) is 5.02 Å². The first-order valence-electron chi connectivity index (χ1n) is 8.05. The summed E-state index contributed by atoms with van der Waals surface area (Å²) in [5.74, 6) is 0.196. The highest BCUT2D eigenvalue weighted by Gasteiger charge is 2.17. The van der Waals surface area contributed by atoms with E-state index in [-0.39, 0.29) is 17.3 Å². The van der Waals surface area contributed by atoms with E-state index in [1.165, 1.54) is 33.3 Å². The van der Waals surface area contributed by atoms with Gasteiger partial charge in [0.1, 0.15) is 5.75 Å². The Morgan fingerprint density at radius 2 is 1.93 bits per heavy atom. The average molecular weight is 412 g/mol. The minimum absolute atomic E-state index is 0.0257. The van der Waals surface area contributed by atoms with Gasteiger partial charge in [0.15, 0.2) is 0 Å². The van der Waals surface area contributed by atoms with Crippen molar-refractivity contribution in [1.82, 2.24) is 4.31 Å². The molecule has 0 aliphatic rings. The minimum Gasteiger partial charge on any atom is -0.495 e. The van der Waals surface area contributed by atoms with E-state index < -0.39 is 10.0 Å². The smallest absolute Gasteiger partial charge is 0.243 e. The summed E-state index contributed by atoms with van der Waals surface area (Å²) in [6.45, 7) is 1.83. The van der Waals surface area contributed by atoms with Crippen molar-refractivity contribution in [1.29, 1.82) is 0 Å². The van der Waals surface area contributed by atoms with Gasteiger partial charge < -0.3 is 15.4 Å². The van der Waals surface area contributed by atoms with Crippen LogP contribution in [0.25, 0.3) is 0 Å². The second-order valence-electron chi connectivity index (χ2n) is 6.02. The molecule has 0 aliphatic heterocycles. The Bertz CT molecular complexity index is 946. The molecule has 0 fully saturated rings. The maximum Gasteiger partial charge on any atom is 0.243 e. The van der Waals surface area contributed by atoms with Crippen LogP contribution in [0.5, 0.6) is 5.75 Å². The number of sulfonamides is 1. The number of halogens is 1. The van der Waals surface area contributed by atoms with Crippen LogP contribution in [0.4, 0.5) is 11.4 Å². The van der Waals surface area contributed by atoms with Gasteiger partial charge in [-0.05, 0) is 36.8 Å². The Hall–Kier alpha value is -2.29.